The Kier molecular flexibility index (Phi) is 3.95. The van der Waals surface area contributed by atoms with E-state index in [1.165, 1.54) is 11.1 Å². The second-order valence-corrected chi connectivity index (χ2v) is 9.70. The van der Waals surface area contributed by atoms with Gasteiger partial charge in [-0.15, -0.1) is 0 Å². The van der Waals surface area contributed by atoms with Gasteiger partial charge in [0, 0.05) is 10.8 Å². The van der Waals surface area contributed by atoms with Crippen LogP contribution in [-0.4, -0.2) is 28.7 Å². The zero-order valence-electron chi connectivity index (χ0n) is 16.5. The number of allylic oxidation sites excluding steroid dienone is 4. The number of ketones is 1. The zero-order valence-corrected chi connectivity index (χ0v) is 16.5. The molecule has 2 fully saturated rings. The highest BCUT2D eigenvalue weighted by molar-refractivity contribution is 5.87. The van der Waals surface area contributed by atoms with Gasteiger partial charge in [0.1, 0.15) is 6.61 Å². The van der Waals surface area contributed by atoms with Gasteiger partial charge in [0.2, 0.25) is 0 Å². The number of hydrogen-bond donors (Lipinski definition) is 2. The van der Waals surface area contributed by atoms with Crippen molar-refractivity contribution >= 4 is 5.78 Å². The average Bonchev–Trinajstić information content (AvgIpc) is 2.83. The normalized spacial score (nSPS) is 49.6. The first kappa shape index (κ1) is 18.2. The number of fused-ring (bicyclic) bond motifs is 5. The second kappa shape index (κ2) is 5.65. The molecule has 0 aliphatic heterocycles. The van der Waals surface area contributed by atoms with Crippen molar-refractivity contribution in [2.24, 2.45) is 34.0 Å². The lowest BCUT2D eigenvalue weighted by molar-refractivity contribution is -0.141. The van der Waals surface area contributed by atoms with E-state index in [0.29, 0.717) is 17.8 Å². The number of Topliss-reactive ketones (excluding diaryl/α,β-unsaturated/α-hetero) is 1. The number of carbonyl (C=O) groups is 1. The van der Waals surface area contributed by atoms with Gasteiger partial charge in [-0.25, -0.2) is 0 Å². The van der Waals surface area contributed by atoms with Crippen LogP contribution in [0.3, 0.4) is 0 Å². The Morgan fingerprint density at radius 2 is 2.04 bits per heavy atom. The maximum absolute atomic E-state index is 12.8. The van der Waals surface area contributed by atoms with Crippen LogP contribution in [0.2, 0.25) is 0 Å². The van der Waals surface area contributed by atoms with Crippen LogP contribution in [0.1, 0.15) is 53.4 Å². The summed E-state index contributed by atoms with van der Waals surface area (Å²) in [5, 5.41) is 19.6. The molecule has 0 saturated heterocycles. The summed E-state index contributed by atoms with van der Waals surface area (Å²) in [5.41, 5.74) is 2.22. The lowest BCUT2D eigenvalue weighted by Crippen LogP contribution is -2.50. The number of carbonyl (C=O) groups excluding carboxylic acids is 1. The van der Waals surface area contributed by atoms with Crippen LogP contribution in [0.15, 0.2) is 35.5 Å². The molecule has 7 atom stereocenters. The van der Waals surface area contributed by atoms with Crippen LogP contribution >= 0.6 is 0 Å². The van der Waals surface area contributed by atoms with E-state index in [2.05, 4.69) is 39.8 Å². The van der Waals surface area contributed by atoms with E-state index in [9.17, 15) is 15.0 Å². The fourth-order valence-electron chi connectivity index (χ4n) is 6.97. The van der Waals surface area contributed by atoms with E-state index in [4.69, 9.17) is 0 Å². The van der Waals surface area contributed by atoms with Crippen molar-refractivity contribution in [2.75, 3.05) is 6.61 Å². The van der Waals surface area contributed by atoms with Crippen LogP contribution in [0, 0.1) is 34.0 Å². The summed E-state index contributed by atoms with van der Waals surface area (Å²) in [6.45, 7) is 8.52. The van der Waals surface area contributed by atoms with E-state index in [1.807, 2.05) is 12.2 Å². The molecular weight excluding hydrogens is 324 g/mol. The third-order valence-electron chi connectivity index (χ3n) is 8.94. The first-order chi connectivity index (χ1) is 12.2. The first-order valence-corrected chi connectivity index (χ1v) is 10.1. The maximum atomic E-state index is 12.8. The molecule has 3 nitrogen and oxygen atoms in total. The van der Waals surface area contributed by atoms with Gasteiger partial charge in [-0.2, -0.15) is 0 Å². The Balaban J connectivity index is 1.78. The fraction of sp³-hybridized carbons (Fsp3) is 0.696. The van der Waals surface area contributed by atoms with Gasteiger partial charge < -0.3 is 10.2 Å². The van der Waals surface area contributed by atoms with Crippen LogP contribution in [-0.2, 0) is 4.79 Å². The molecule has 0 aromatic heterocycles. The third-order valence-corrected chi connectivity index (χ3v) is 8.94. The molecule has 26 heavy (non-hydrogen) atoms. The highest BCUT2D eigenvalue weighted by Gasteiger charge is 2.65. The van der Waals surface area contributed by atoms with Crippen molar-refractivity contribution < 1.29 is 15.0 Å². The fourth-order valence-corrected chi connectivity index (χ4v) is 6.97. The largest absolute Gasteiger partial charge is 0.389 e. The van der Waals surface area contributed by atoms with Crippen LogP contribution in [0.5, 0.6) is 0 Å². The van der Waals surface area contributed by atoms with E-state index < -0.39 is 11.5 Å². The van der Waals surface area contributed by atoms with Gasteiger partial charge >= 0.3 is 0 Å². The van der Waals surface area contributed by atoms with Crippen molar-refractivity contribution in [3.63, 3.8) is 0 Å². The molecule has 0 aromatic rings. The van der Waals surface area contributed by atoms with Gasteiger partial charge in [0.15, 0.2) is 5.78 Å². The van der Waals surface area contributed by atoms with E-state index in [0.717, 1.165) is 25.7 Å². The lowest BCUT2D eigenvalue weighted by atomic mass is 9.49. The van der Waals surface area contributed by atoms with Crippen LogP contribution < -0.4 is 0 Å². The molecule has 3 heteroatoms. The monoisotopic (exact) mass is 356 g/mol. The summed E-state index contributed by atoms with van der Waals surface area (Å²) in [6.07, 6.45) is 12.2. The van der Waals surface area contributed by atoms with Crippen LogP contribution in [0.4, 0.5) is 0 Å². The summed E-state index contributed by atoms with van der Waals surface area (Å²) in [7, 11) is 0. The van der Waals surface area contributed by atoms with Crippen molar-refractivity contribution in [3.05, 3.63) is 35.5 Å². The maximum Gasteiger partial charge on any atom is 0.164 e. The minimum atomic E-state index is -0.457. The molecule has 0 bridgehead atoms. The predicted octanol–water partition coefficient (Wildman–Crippen LogP) is 3.82. The summed E-state index contributed by atoms with van der Waals surface area (Å²) in [5.74, 6) is 1.27. The molecule has 2 saturated carbocycles. The van der Waals surface area contributed by atoms with Crippen molar-refractivity contribution in [1.29, 1.82) is 0 Å². The molecule has 4 aliphatic carbocycles. The molecule has 0 heterocycles. The highest BCUT2D eigenvalue weighted by atomic mass is 16.3. The summed E-state index contributed by atoms with van der Waals surface area (Å²) in [4.78, 5) is 12.8. The number of aliphatic hydroxyl groups excluding tert-OH is 2. The van der Waals surface area contributed by atoms with Crippen molar-refractivity contribution in [2.45, 2.75) is 59.5 Å². The Morgan fingerprint density at radius 1 is 1.31 bits per heavy atom. The summed E-state index contributed by atoms with van der Waals surface area (Å²) >= 11 is 0. The Hall–Kier alpha value is -1.19. The van der Waals surface area contributed by atoms with Gasteiger partial charge in [-0.05, 0) is 55.8 Å². The number of rotatable bonds is 2. The molecule has 0 amide bonds. The smallest absolute Gasteiger partial charge is 0.164 e. The van der Waals surface area contributed by atoms with Gasteiger partial charge in [-0.3, -0.25) is 4.79 Å². The van der Waals surface area contributed by atoms with E-state index in [1.54, 1.807) is 0 Å². The Morgan fingerprint density at radius 3 is 2.73 bits per heavy atom. The standard InChI is InChI=1S/C23H32O3/c1-14-11-19-17-6-5-15-12-16(25)7-9-21(15,2)18(17)8-10-22(19,3)23(14,4)20(26)13-24/h7-9,12,14,16-17,19,24-25H,5-6,10-11,13H2,1-4H3/t14-,16?,17?,19?,21-,22-,23+/m0/s1. The predicted molar refractivity (Wildman–Crippen MR) is 102 cm³/mol. The number of aliphatic hydroxyl groups is 2. The van der Waals surface area contributed by atoms with Crippen molar-refractivity contribution in [3.8, 4) is 0 Å². The highest BCUT2D eigenvalue weighted by Crippen LogP contribution is 2.69. The summed E-state index contributed by atoms with van der Waals surface area (Å²) < 4.78 is 0. The second-order valence-electron chi connectivity index (χ2n) is 9.70. The molecule has 0 radical (unpaired) electrons. The minimum Gasteiger partial charge on any atom is -0.389 e. The van der Waals surface area contributed by atoms with Gasteiger partial charge in [0.05, 0.1) is 6.10 Å². The third kappa shape index (κ3) is 2.05. The molecule has 4 aliphatic rings. The van der Waals surface area contributed by atoms with Crippen LogP contribution in [0.25, 0.3) is 0 Å². The average molecular weight is 357 g/mol. The molecule has 2 N–H and O–H groups in total. The molecular formula is C23H32O3. The summed E-state index contributed by atoms with van der Waals surface area (Å²) in [6, 6.07) is 0. The molecule has 0 aromatic carbocycles. The molecule has 4 rings (SSSR count). The quantitative estimate of drug-likeness (QED) is 0.740. The SMILES string of the molecule is C[C@H]1CC2C3CCC4=CC(O)C=C[C@]4(C)C3=CC[C@]2(C)[C@@]1(C)C(=O)CO. The topological polar surface area (TPSA) is 57.5 Å². The Labute approximate surface area is 156 Å². The van der Waals surface area contributed by atoms with E-state index >= 15 is 0 Å². The number of hydrogen-bond acceptors (Lipinski definition) is 3. The lowest BCUT2D eigenvalue weighted by Gasteiger charge is -2.54. The molecule has 0 spiro atoms. The zero-order chi connectivity index (χ0) is 18.9. The molecule has 142 valence electrons. The Bertz CT molecular complexity index is 732. The molecule has 3 unspecified atom stereocenters. The van der Waals surface area contributed by atoms with Gasteiger partial charge in [-0.1, -0.05) is 56.2 Å². The van der Waals surface area contributed by atoms with Gasteiger partial charge in [0.25, 0.3) is 0 Å². The minimum absolute atomic E-state index is 0.00939. The first-order valence-electron chi connectivity index (χ1n) is 10.1. The van der Waals surface area contributed by atoms with Crippen molar-refractivity contribution in [1.82, 2.24) is 0 Å². The van der Waals surface area contributed by atoms with E-state index in [-0.39, 0.29) is 23.2 Å².